The molecule has 0 unspecified atom stereocenters. The molecule has 4 N–H and O–H groups in total. The molecule has 2 aromatic heterocycles. The van der Waals surface area contributed by atoms with Crippen LogP contribution in [0.4, 0.5) is 5.82 Å². The van der Waals surface area contributed by atoms with Gasteiger partial charge in [0.1, 0.15) is 12.4 Å². The van der Waals surface area contributed by atoms with Crippen molar-refractivity contribution in [3.05, 3.63) is 30.2 Å². The normalized spacial score (nSPS) is 10.2. The maximum absolute atomic E-state index is 11.5. The van der Waals surface area contributed by atoms with E-state index in [1.54, 1.807) is 29.3 Å². The van der Waals surface area contributed by atoms with Gasteiger partial charge in [-0.3, -0.25) is 14.6 Å². The topological polar surface area (TPSA) is 102 Å². The highest BCUT2D eigenvalue weighted by molar-refractivity contribution is 5.75. The quantitative estimate of drug-likeness (QED) is 0.646. The number of rotatable bonds is 4. The molecular weight excluding hydrogens is 208 g/mol. The smallest absolute Gasteiger partial charge is 0.242 e. The van der Waals surface area contributed by atoms with E-state index in [2.05, 4.69) is 20.6 Å². The van der Waals surface area contributed by atoms with Gasteiger partial charge in [0.05, 0.1) is 6.20 Å². The second-order valence-electron chi connectivity index (χ2n) is 3.29. The number of aromatic amines is 1. The van der Waals surface area contributed by atoms with Crippen molar-refractivity contribution < 1.29 is 4.79 Å². The largest absolute Gasteiger partial charge is 0.384 e. The van der Waals surface area contributed by atoms with E-state index in [-0.39, 0.29) is 12.5 Å². The van der Waals surface area contributed by atoms with E-state index in [1.807, 2.05) is 0 Å². The van der Waals surface area contributed by atoms with Gasteiger partial charge in [-0.25, -0.2) is 0 Å². The van der Waals surface area contributed by atoms with Crippen LogP contribution in [-0.2, 0) is 17.9 Å². The Morgan fingerprint density at radius 1 is 1.62 bits per heavy atom. The number of H-pyrrole nitrogens is 1. The third kappa shape index (κ3) is 2.38. The molecule has 0 aliphatic heterocycles. The number of aromatic nitrogens is 4. The summed E-state index contributed by atoms with van der Waals surface area (Å²) in [6.07, 6.45) is 4.94. The van der Waals surface area contributed by atoms with Crippen molar-refractivity contribution in [3.63, 3.8) is 0 Å². The predicted molar refractivity (Wildman–Crippen MR) is 57.1 cm³/mol. The van der Waals surface area contributed by atoms with Crippen molar-refractivity contribution in [2.45, 2.75) is 13.1 Å². The van der Waals surface area contributed by atoms with Gasteiger partial charge in [0.15, 0.2) is 0 Å². The Bertz CT molecular complexity index is 460. The molecule has 0 aromatic carbocycles. The molecule has 0 saturated heterocycles. The molecule has 2 aromatic rings. The molecule has 1 amide bonds. The number of nitrogens with two attached hydrogens (primary N) is 1. The summed E-state index contributed by atoms with van der Waals surface area (Å²) in [6, 6.07) is 1.77. The Morgan fingerprint density at radius 2 is 2.50 bits per heavy atom. The molecule has 2 heterocycles. The zero-order valence-corrected chi connectivity index (χ0v) is 8.55. The molecule has 0 bridgehead atoms. The predicted octanol–water partition coefficient (Wildman–Crippen LogP) is -0.495. The number of hydrogen-bond acceptors (Lipinski definition) is 4. The molecule has 16 heavy (non-hydrogen) atoms. The number of nitrogens with one attached hydrogen (secondary N) is 2. The van der Waals surface area contributed by atoms with Gasteiger partial charge in [-0.1, -0.05) is 0 Å². The summed E-state index contributed by atoms with van der Waals surface area (Å²) in [5, 5.41) is 13.0. The number of amides is 1. The monoisotopic (exact) mass is 220 g/mol. The first-order valence-corrected chi connectivity index (χ1v) is 4.77. The minimum atomic E-state index is -0.121. The summed E-state index contributed by atoms with van der Waals surface area (Å²) in [5.74, 6) is 0.351. The Balaban J connectivity index is 1.82. The van der Waals surface area contributed by atoms with Crippen LogP contribution in [0.1, 0.15) is 5.56 Å². The van der Waals surface area contributed by atoms with E-state index in [0.717, 1.165) is 5.56 Å². The molecule has 7 nitrogen and oxygen atoms in total. The maximum Gasteiger partial charge on any atom is 0.242 e. The maximum atomic E-state index is 11.5. The van der Waals surface area contributed by atoms with Crippen LogP contribution in [0.15, 0.2) is 24.7 Å². The molecule has 0 aliphatic carbocycles. The van der Waals surface area contributed by atoms with Gasteiger partial charge in [0.2, 0.25) is 5.91 Å². The summed E-state index contributed by atoms with van der Waals surface area (Å²) in [5.41, 5.74) is 6.35. The molecule has 0 atom stereocenters. The van der Waals surface area contributed by atoms with Gasteiger partial charge in [0.25, 0.3) is 0 Å². The minimum Gasteiger partial charge on any atom is -0.384 e. The Kier molecular flexibility index (Phi) is 2.86. The number of hydrogen-bond donors (Lipinski definition) is 3. The lowest BCUT2D eigenvalue weighted by molar-refractivity contribution is -0.122. The lowest BCUT2D eigenvalue weighted by Crippen LogP contribution is -2.27. The molecule has 2 rings (SSSR count). The zero-order chi connectivity index (χ0) is 11.4. The van der Waals surface area contributed by atoms with Crippen molar-refractivity contribution in [1.82, 2.24) is 25.3 Å². The highest BCUT2D eigenvalue weighted by atomic mass is 16.2. The fourth-order valence-electron chi connectivity index (χ4n) is 1.25. The minimum absolute atomic E-state index is 0.121. The average Bonchev–Trinajstić information content (AvgIpc) is 2.87. The number of carbonyl (C=O) groups is 1. The summed E-state index contributed by atoms with van der Waals surface area (Å²) in [6.45, 7) is 0.563. The standard InChI is InChI=1S/C9H12N6O/c10-9-7(5-12-14-9)4-11-8(16)6-15-3-1-2-13-15/h1-3,5H,4,6H2,(H,11,16)(H3,10,12,14). The SMILES string of the molecule is Nc1[nH]ncc1CNC(=O)Cn1cccn1. The molecule has 0 saturated carbocycles. The fraction of sp³-hybridized carbons (Fsp3) is 0.222. The van der Waals surface area contributed by atoms with Crippen molar-refractivity contribution in [3.8, 4) is 0 Å². The van der Waals surface area contributed by atoms with E-state index in [0.29, 0.717) is 12.4 Å². The van der Waals surface area contributed by atoms with Crippen LogP contribution < -0.4 is 11.1 Å². The van der Waals surface area contributed by atoms with Gasteiger partial charge in [-0.05, 0) is 6.07 Å². The third-order valence-electron chi connectivity index (χ3n) is 2.09. The number of carbonyl (C=O) groups excluding carboxylic acids is 1. The van der Waals surface area contributed by atoms with Gasteiger partial charge in [-0.2, -0.15) is 10.2 Å². The summed E-state index contributed by atoms with van der Waals surface area (Å²) in [7, 11) is 0. The molecule has 0 fully saturated rings. The van der Waals surface area contributed by atoms with Gasteiger partial charge >= 0.3 is 0 Å². The van der Waals surface area contributed by atoms with Crippen LogP contribution >= 0.6 is 0 Å². The number of nitrogens with zero attached hydrogens (tertiary/aromatic N) is 3. The zero-order valence-electron chi connectivity index (χ0n) is 8.55. The lowest BCUT2D eigenvalue weighted by Gasteiger charge is -2.04. The first-order valence-electron chi connectivity index (χ1n) is 4.77. The first-order chi connectivity index (χ1) is 7.75. The summed E-state index contributed by atoms with van der Waals surface area (Å²) in [4.78, 5) is 11.5. The second-order valence-corrected chi connectivity index (χ2v) is 3.29. The van der Waals surface area contributed by atoms with E-state index in [9.17, 15) is 4.79 Å². The summed E-state index contributed by atoms with van der Waals surface area (Å²) >= 11 is 0. The van der Waals surface area contributed by atoms with Crippen molar-refractivity contribution in [2.75, 3.05) is 5.73 Å². The Morgan fingerprint density at radius 3 is 3.12 bits per heavy atom. The van der Waals surface area contributed by atoms with Crippen molar-refractivity contribution in [2.24, 2.45) is 0 Å². The van der Waals surface area contributed by atoms with Crippen LogP contribution in [0, 0.1) is 0 Å². The van der Waals surface area contributed by atoms with Crippen LogP contribution in [0.25, 0.3) is 0 Å². The van der Waals surface area contributed by atoms with Crippen LogP contribution in [0.2, 0.25) is 0 Å². The van der Waals surface area contributed by atoms with E-state index in [1.165, 1.54) is 0 Å². The van der Waals surface area contributed by atoms with Gasteiger partial charge < -0.3 is 11.1 Å². The number of nitrogen functional groups attached to an aromatic ring is 1. The summed E-state index contributed by atoms with van der Waals surface area (Å²) < 4.78 is 1.55. The highest BCUT2D eigenvalue weighted by Gasteiger charge is 2.05. The Labute approximate surface area is 91.6 Å². The van der Waals surface area contributed by atoms with Crippen molar-refractivity contribution >= 4 is 11.7 Å². The molecule has 0 radical (unpaired) electrons. The number of anilines is 1. The molecular formula is C9H12N6O. The van der Waals surface area contributed by atoms with E-state index in [4.69, 9.17) is 5.73 Å². The molecule has 0 aliphatic rings. The second kappa shape index (κ2) is 4.47. The molecule has 84 valence electrons. The van der Waals surface area contributed by atoms with Crippen LogP contribution in [0.5, 0.6) is 0 Å². The van der Waals surface area contributed by atoms with Crippen LogP contribution in [0.3, 0.4) is 0 Å². The van der Waals surface area contributed by atoms with Crippen LogP contribution in [-0.4, -0.2) is 25.9 Å². The Hall–Kier alpha value is -2.31. The van der Waals surface area contributed by atoms with E-state index >= 15 is 0 Å². The molecule has 0 spiro atoms. The lowest BCUT2D eigenvalue weighted by atomic mass is 10.3. The highest BCUT2D eigenvalue weighted by Crippen LogP contribution is 2.04. The van der Waals surface area contributed by atoms with Gasteiger partial charge in [-0.15, -0.1) is 0 Å². The van der Waals surface area contributed by atoms with Gasteiger partial charge in [0, 0.05) is 24.5 Å². The fourth-order valence-corrected chi connectivity index (χ4v) is 1.25. The first kappa shape index (κ1) is 10.2. The third-order valence-corrected chi connectivity index (χ3v) is 2.09. The van der Waals surface area contributed by atoms with E-state index < -0.39 is 0 Å². The average molecular weight is 220 g/mol. The van der Waals surface area contributed by atoms with Crippen molar-refractivity contribution in [1.29, 1.82) is 0 Å². The molecule has 7 heteroatoms.